The molecule has 5 heterocycles. The molecule has 204 valence electrons. The molecule has 4 aromatic rings. The molecule has 2 aromatic carbocycles. The first-order valence-corrected chi connectivity index (χ1v) is 14.0. The fourth-order valence-electron chi connectivity index (χ4n) is 6.10. The van der Waals surface area contributed by atoms with E-state index in [2.05, 4.69) is 76.0 Å². The Kier molecular flexibility index (Phi) is 6.32. The number of fused-ring (bicyclic) bond motifs is 1. The Labute approximate surface area is 239 Å². The molecule has 0 radical (unpaired) electrons. The van der Waals surface area contributed by atoms with E-state index in [1.54, 1.807) is 0 Å². The van der Waals surface area contributed by atoms with Gasteiger partial charge in [-0.15, -0.1) is 0 Å². The molecule has 1 N–H and O–H groups in total. The first kappa shape index (κ1) is 24.9. The third-order valence-electron chi connectivity index (χ3n) is 8.01. The molecular weight excluding hydrogens is 522 g/mol. The van der Waals surface area contributed by atoms with Crippen molar-refractivity contribution in [2.75, 3.05) is 42.9 Å². The molecule has 40 heavy (non-hydrogen) atoms. The Bertz CT molecular complexity index is 1550. The maximum absolute atomic E-state index is 5.99. The van der Waals surface area contributed by atoms with Crippen LogP contribution in [0.25, 0.3) is 5.69 Å². The molecule has 3 aliphatic heterocycles. The van der Waals surface area contributed by atoms with Gasteiger partial charge in [0.2, 0.25) is 6.79 Å². The molecular formula is C31H31N5O3S. The molecule has 2 fully saturated rings. The van der Waals surface area contributed by atoms with Gasteiger partial charge in [-0.05, 0) is 86.2 Å². The number of rotatable bonds is 5. The van der Waals surface area contributed by atoms with Crippen LogP contribution in [-0.4, -0.2) is 47.8 Å². The molecule has 8 nitrogen and oxygen atoms in total. The van der Waals surface area contributed by atoms with Gasteiger partial charge in [0.25, 0.3) is 0 Å². The average molecular weight is 554 g/mol. The van der Waals surface area contributed by atoms with Crippen molar-refractivity contribution in [2.45, 2.75) is 25.9 Å². The van der Waals surface area contributed by atoms with E-state index in [4.69, 9.17) is 31.4 Å². The summed E-state index contributed by atoms with van der Waals surface area (Å²) in [5.74, 6) is 1.54. The Morgan fingerprint density at radius 1 is 0.875 bits per heavy atom. The van der Waals surface area contributed by atoms with Crippen molar-refractivity contribution in [2.24, 2.45) is 0 Å². The van der Waals surface area contributed by atoms with Gasteiger partial charge >= 0.3 is 0 Å². The van der Waals surface area contributed by atoms with Crippen molar-refractivity contribution in [3.8, 4) is 17.2 Å². The molecule has 2 saturated heterocycles. The van der Waals surface area contributed by atoms with Gasteiger partial charge in [0.15, 0.2) is 16.6 Å². The molecule has 2 aromatic heterocycles. The summed E-state index contributed by atoms with van der Waals surface area (Å²) in [4.78, 5) is 9.33. The van der Waals surface area contributed by atoms with Gasteiger partial charge in [-0.2, -0.15) is 0 Å². The van der Waals surface area contributed by atoms with Gasteiger partial charge < -0.3 is 33.9 Å². The summed E-state index contributed by atoms with van der Waals surface area (Å²) in [5.41, 5.74) is 7.70. The second-order valence-corrected chi connectivity index (χ2v) is 10.7. The minimum absolute atomic E-state index is 0.0920. The van der Waals surface area contributed by atoms with Crippen LogP contribution in [0.5, 0.6) is 11.5 Å². The summed E-state index contributed by atoms with van der Waals surface area (Å²) in [6, 6.07) is 22.9. The maximum atomic E-state index is 5.99. The number of anilines is 2. The van der Waals surface area contributed by atoms with Gasteiger partial charge in [-0.3, -0.25) is 4.98 Å². The molecule has 0 amide bonds. The second kappa shape index (κ2) is 10.1. The van der Waals surface area contributed by atoms with Crippen LogP contribution in [-0.2, 0) is 4.74 Å². The van der Waals surface area contributed by atoms with E-state index in [0.29, 0.717) is 5.11 Å². The third-order valence-corrected chi connectivity index (χ3v) is 8.32. The highest BCUT2D eigenvalue weighted by atomic mass is 32.1. The molecule has 0 spiro atoms. The van der Waals surface area contributed by atoms with E-state index < -0.39 is 0 Å². The Morgan fingerprint density at radius 3 is 2.40 bits per heavy atom. The number of aromatic nitrogens is 2. The number of thiocarbonyl (C=S) groups is 1. The minimum Gasteiger partial charge on any atom is -0.454 e. The topological polar surface area (TPSA) is 64.0 Å². The van der Waals surface area contributed by atoms with Gasteiger partial charge in [0.1, 0.15) is 0 Å². The van der Waals surface area contributed by atoms with Crippen LogP contribution in [0.3, 0.4) is 0 Å². The first-order chi connectivity index (χ1) is 19.6. The van der Waals surface area contributed by atoms with Gasteiger partial charge in [0, 0.05) is 53.8 Å². The number of aryl methyl sites for hydroxylation is 1. The van der Waals surface area contributed by atoms with E-state index in [-0.39, 0.29) is 18.9 Å². The molecule has 3 aliphatic rings. The Balaban J connectivity index is 1.30. The van der Waals surface area contributed by atoms with Crippen LogP contribution in [0.15, 0.2) is 72.9 Å². The minimum atomic E-state index is -0.113. The summed E-state index contributed by atoms with van der Waals surface area (Å²) in [5, 5.41) is 4.28. The number of ether oxygens (including phenoxy) is 3. The van der Waals surface area contributed by atoms with E-state index >= 15 is 0 Å². The standard InChI is InChI=1S/C31H31N5O3S/c1-20-17-25(21(2)35(20)24-10-11-27-28(18-24)39-19-38-27)30-29(26-5-3-4-12-32-26)33-31(40)36(30)23-8-6-22(7-9-23)34-13-15-37-16-14-34/h3-12,17-18,29-30H,13-16,19H2,1-2H3,(H,33,40). The molecule has 0 saturated carbocycles. The monoisotopic (exact) mass is 553 g/mol. The largest absolute Gasteiger partial charge is 0.454 e. The van der Waals surface area contributed by atoms with Gasteiger partial charge in [-0.25, -0.2) is 0 Å². The van der Waals surface area contributed by atoms with Crippen molar-refractivity contribution >= 4 is 28.7 Å². The van der Waals surface area contributed by atoms with E-state index in [1.165, 1.54) is 11.3 Å². The van der Waals surface area contributed by atoms with Crippen molar-refractivity contribution in [1.29, 1.82) is 0 Å². The van der Waals surface area contributed by atoms with Crippen LogP contribution in [0.2, 0.25) is 0 Å². The molecule has 0 bridgehead atoms. The molecule has 2 atom stereocenters. The Hall–Kier alpha value is -4.08. The zero-order valence-electron chi connectivity index (χ0n) is 22.5. The lowest BCUT2D eigenvalue weighted by molar-refractivity contribution is 0.122. The van der Waals surface area contributed by atoms with Crippen molar-refractivity contribution in [3.63, 3.8) is 0 Å². The molecule has 9 heteroatoms. The molecule has 2 unspecified atom stereocenters. The predicted molar refractivity (Wildman–Crippen MR) is 159 cm³/mol. The SMILES string of the molecule is Cc1cc(C2C(c3ccccn3)NC(=S)N2c2ccc(N3CCOCC3)cc2)c(C)n1-c1ccc2c(c1)OCO2. The van der Waals surface area contributed by atoms with Gasteiger partial charge in [0.05, 0.1) is 31.0 Å². The number of hydrogen-bond donors (Lipinski definition) is 1. The van der Waals surface area contributed by atoms with Crippen molar-refractivity contribution < 1.29 is 14.2 Å². The summed E-state index contributed by atoms with van der Waals surface area (Å²) >= 11 is 5.99. The maximum Gasteiger partial charge on any atom is 0.231 e. The number of pyridine rings is 1. The van der Waals surface area contributed by atoms with Crippen LogP contribution in [0.4, 0.5) is 11.4 Å². The van der Waals surface area contributed by atoms with Gasteiger partial charge in [-0.1, -0.05) is 6.07 Å². The summed E-state index contributed by atoms with van der Waals surface area (Å²) in [6.45, 7) is 7.88. The highest BCUT2D eigenvalue weighted by Gasteiger charge is 2.42. The quantitative estimate of drug-likeness (QED) is 0.337. The van der Waals surface area contributed by atoms with Crippen LogP contribution < -0.4 is 24.6 Å². The highest BCUT2D eigenvalue weighted by molar-refractivity contribution is 7.80. The zero-order valence-corrected chi connectivity index (χ0v) is 23.4. The number of benzene rings is 2. The smallest absolute Gasteiger partial charge is 0.231 e. The molecule has 0 aliphatic carbocycles. The van der Waals surface area contributed by atoms with E-state index in [1.807, 2.05) is 30.5 Å². The number of nitrogens with zero attached hydrogens (tertiary/aromatic N) is 4. The third kappa shape index (κ3) is 4.26. The van der Waals surface area contributed by atoms with Crippen LogP contribution in [0.1, 0.15) is 34.7 Å². The van der Waals surface area contributed by atoms with Crippen LogP contribution >= 0.6 is 12.2 Å². The summed E-state index contributed by atoms with van der Waals surface area (Å²) in [6.07, 6.45) is 1.84. The number of hydrogen-bond acceptors (Lipinski definition) is 6. The Morgan fingerprint density at radius 2 is 1.62 bits per heavy atom. The first-order valence-electron chi connectivity index (χ1n) is 13.6. The molecule has 7 rings (SSSR count). The number of nitrogens with one attached hydrogen (secondary N) is 1. The van der Waals surface area contributed by atoms with E-state index in [0.717, 1.165) is 66.3 Å². The second-order valence-electron chi connectivity index (χ2n) is 10.3. The fourth-order valence-corrected chi connectivity index (χ4v) is 6.45. The normalized spacial score (nSPS) is 20.2. The highest BCUT2D eigenvalue weighted by Crippen LogP contribution is 2.44. The lowest BCUT2D eigenvalue weighted by Gasteiger charge is -2.31. The van der Waals surface area contributed by atoms with Crippen molar-refractivity contribution in [3.05, 3.63) is 95.6 Å². The number of morpholine rings is 1. The van der Waals surface area contributed by atoms with Crippen LogP contribution in [0, 0.1) is 13.8 Å². The fraction of sp³-hybridized carbons (Fsp3) is 0.290. The average Bonchev–Trinajstić information content (AvgIpc) is 3.68. The predicted octanol–water partition coefficient (Wildman–Crippen LogP) is 5.23. The summed E-state index contributed by atoms with van der Waals surface area (Å²) < 4.78 is 19.0. The van der Waals surface area contributed by atoms with E-state index in [9.17, 15) is 0 Å². The lowest BCUT2D eigenvalue weighted by Crippen LogP contribution is -2.36. The lowest BCUT2D eigenvalue weighted by atomic mass is 9.96. The summed E-state index contributed by atoms with van der Waals surface area (Å²) in [7, 11) is 0. The zero-order chi connectivity index (χ0) is 27.2. The van der Waals surface area contributed by atoms with Crippen molar-refractivity contribution in [1.82, 2.24) is 14.9 Å².